The van der Waals surface area contributed by atoms with Crippen molar-refractivity contribution in [2.24, 2.45) is 0 Å². The average Bonchev–Trinajstić information content (AvgIpc) is 2.81. The molecule has 0 amide bonds. The molecule has 0 aliphatic rings. The SMILES string of the molecule is CCN(C)c1noc(-c2ccc(I)c(O)c2)n1. The molecule has 0 saturated heterocycles. The highest BCUT2D eigenvalue weighted by molar-refractivity contribution is 14.1. The molecule has 2 rings (SSSR count). The summed E-state index contributed by atoms with van der Waals surface area (Å²) in [7, 11) is 1.89. The van der Waals surface area contributed by atoms with Crippen LogP contribution in [0.4, 0.5) is 5.95 Å². The largest absolute Gasteiger partial charge is 0.507 e. The lowest BCUT2D eigenvalue weighted by molar-refractivity contribution is 0.429. The Balaban J connectivity index is 2.33. The number of rotatable bonds is 3. The van der Waals surface area contributed by atoms with Gasteiger partial charge in [-0.3, -0.25) is 0 Å². The summed E-state index contributed by atoms with van der Waals surface area (Å²) >= 11 is 2.06. The van der Waals surface area contributed by atoms with Gasteiger partial charge in [0, 0.05) is 19.2 Å². The zero-order valence-corrected chi connectivity index (χ0v) is 11.7. The number of anilines is 1. The van der Waals surface area contributed by atoms with Crippen molar-refractivity contribution in [2.75, 3.05) is 18.5 Å². The van der Waals surface area contributed by atoms with Gasteiger partial charge in [-0.1, -0.05) is 0 Å². The van der Waals surface area contributed by atoms with E-state index >= 15 is 0 Å². The molecule has 6 heteroatoms. The maximum absolute atomic E-state index is 9.62. The number of phenolic OH excluding ortho intramolecular Hbond substituents is 1. The zero-order valence-electron chi connectivity index (χ0n) is 9.51. The second kappa shape index (κ2) is 4.91. The van der Waals surface area contributed by atoms with E-state index in [0.717, 1.165) is 10.1 Å². The zero-order chi connectivity index (χ0) is 12.4. The number of aromatic nitrogens is 2. The van der Waals surface area contributed by atoms with E-state index in [9.17, 15) is 5.11 Å². The summed E-state index contributed by atoms with van der Waals surface area (Å²) in [5, 5.41) is 13.5. The molecule has 0 aliphatic carbocycles. The molecule has 1 heterocycles. The molecule has 0 atom stereocenters. The minimum Gasteiger partial charge on any atom is -0.507 e. The van der Waals surface area contributed by atoms with E-state index in [1.165, 1.54) is 0 Å². The molecular weight excluding hydrogens is 333 g/mol. The number of benzene rings is 1. The summed E-state index contributed by atoms with van der Waals surface area (Å²) in [6.07, 6.45) is 0. The lowest BCUT2D eigenvalue weighted by atomic mass is 10.2. The quantitative estimate of drug-likeness (QED) is 0.866. The molecule has 0 bridgehead atoms. The van der Waals surface area contributed by atoms with Gasteiger partial charge in [-0.15, -0.1) is 0 Å². The highest BCUT2D eigenvalue weighted by Crippen LogP contribution is 2.27. The van der Waals surface area contributed by atoms with Gasteiger partial charge in [-0.25, -0.2) is 0 Å². The first-order valence-electron chi connectivity index (χ1n) is 5.15. The molecule has 0 spiro atoms. The molecule has 0 radical (unpaired) electrons. The van der Waals surface area contributed by atoms with Gasteiger partial charge in [0.2, 0.25) is 0 Å². The molecule has 17 heavy (non-hydrogen) atoms. The van der Waals surface area contributed by atoms with Crippen LogP contribution in [0.25, 0.3) is 11.5 Å². The van der Waals surface area contributed by atoms with Crippen molar-refractivity contribution in [1.29, 1.82) is 0 Å². The standard InChI is InChI=1S/C11H12IN3O2/c1-3-15(2)11-13-10(17-14-11)7-4-5-8(12)9(16)6-7/h4-6,16H,3H2,1-2H3. The van der Waals surface area contributed by atoms with Gasteiger partial charge in [0.15, 0.2) is 0 Å². The Morgan fingerprint density at radius 3 is 2.88 bits per heavy atom. The van der Waals surface area contributed by atoms with Crippen molar-refractivity contribution < 1.29 is 9.63 Å². The number of hydrogen-bond donors (Lipinski definition) is 1. The van der Waals surface area contributed by atoms with Crippen LogP contribution in [-0.2, 0) is 0 Å². The number of nitrogens with zero attached hydrogens (tertiary/aromatic N) is 3. The first kappa shape index (κ1) is 12.2. The minimum atomic E-state index is 0.215. The lowest BCUT2D eigenvalue weighted by Gasteiger charge is -2.08. The van der Waals surface area contributed by atoms with Crippen LogP contribution >= 0.6 is 22.6 Å². The molecule has 5 nitrogen and oxygen atoms in total. The van der Waals surface area contributed by atoms with Gasteiger partial charge in [-0.05, 0) is 52.9 Å². The van der Waals surface area contributed by atoms with E-state index < -0.39 is 0 Å². The Labute approximate surface area is 113 Å². The third-order valence-corrected chi connectivity index (χ3v) is 3.34. The summed E-state index contributed by atoms with van der Waals surface area (Å²) in [6, 6.07) is 5.26. The van der Waals surface area contributed by atoms with E-state index in [1.807, 2.05) is 24.9 Å². The first-order valence-corrected chi connectivity index (χ1v) is 6.23. The van der Waals surface area contributed by atoms with Crippen LogP contribution in [0.1, 0.15) is 6.92 Å². The van der Waals surface area contributed by atoms with Crippen molar-refractivity contribution in [3.63, 3.8) is 0 Å². The Hall–Kier alpha value is -1.31. The molecule has 0 fully saturated rings. The van der Waals surface area contributed by atoms with Crippen LogP contribution in [0.2, 0.25) is 0 Å². The predicted molar refractivity (Wildman–Crippen MR) is 73.1 cm³/mol. The van der Waals surface area contributed by atoms with Gasteiger partial charge < -0.3 is 14.5 Å². The van der Waals surface area contributed by atoms with Gasteiger partial charge in [0.05, 0.1) is 3.57 Å². The second-order valence-electron chi connectivity index (χ2n) is 3.58. The minimum absolute atomic E-state index is 0.215. The molecule has 0 unspecified atom stereocenters. The Bertz CT molecular complexity index is 527. The lowest BCUT2D eigenvalue weighted by Crippen LogP contribution is -2.16. The van der Waals surface area contributed by atoms with E-state index in [2.05, 4.69) is 32.7 Å². The predicted octanol–water partition coefficient (Wildman–Crippen LogP) is 2.50. The summed E-state index contributed by atoms with van der Waals surface area (Å²) < 4.78 is 5.94. The van der Waals surface area contributed by atoms with Gasteiger partial charge >= 0.3 is 0 Å². The van der Waals surface area contributed by atoms with Crippen molar-refractivity contribution >= 4 is 28.5 Å². The van der Waals surface area contributed by atoms with E-state index in [4.69, 9.17) is 4.52 Å². The third-order valence-electron chi connectivity index (χ3n) is 2.42. The monoisotopic (exact) mass is 345 g/mol. The molecule has 1 aromatic carbocycles. The van der Waals surface area contributed by atoms with Gasteiger partial charge in [0.25, 0.3) is 11.8 Å². The second-order valence-corrected chi connectivity index (χ2v) is 4.74. The molecule has 0 saturated carbocycles. The van der Waals surface area contributed by atoms with Crippen LogP contribution in [0.5, 0.6) is 5.75 Å². The van der Waals surface area contributed by atoms with Crippen molar-refractivity contribution in [3.8, 4) is 17.2 Å². The molecule has 90 valence electrons. The van der Waals surface area contributed by atoms with Crippen LogP contribution in [0.15, 0.2) is 22.7 Å². The van der Waals surface area contributed by atoms with Crippen molar-refractivity contribution in [2.45, 2.75) is 6.92 Å². The number of phenols is 1. The number of halogens is 1. The van der Waals surface area contributed by atoms with Gasteiger partial charge in [-0.2, -0.15) is 4.98 Å². The topological polar surface area (TPSA) is 62.4 Å². The fourth-order valence-electron chi connectivity index (χ4n) is 1.28. The number of aromatic hydroxyl groups is 1. The van der Waals surface area contributed by atoms with E-state index in [1.54, 1.807) is 12.1 Å². The van der Waals surface area contributed by atoms with Crippen LogP contribution in [-0.4, -0.2) is 28.8 Å². The molecule has 1 N–H and O–H groups in total. The van der Waals surface area contributed by atoms with Crippen LogP contribution in [0.3, 0.4) is 0 Å². The fourth-order valence-corrected chi connectivity index (χ4v) is 1.61. The normalized spacial score (nSPS) is 10.5. The van der Waals surface area contributed by atoms with E-state index in [-0.39, 0.29) is 5.75 Å². The molecule has 2 aromatic rings. The Morgan fingerprint density at radius 1 is 1.47 bits per heavy atom. The maximum Gasteiger partial charge on any atom is 0.266 e. The van der Waals surface area contributed by atoms with Gasteiger partial charge in [0.1, 0.15) is 5.75 Å². The molecule has 1 aromatic heterocycles. The summed E-state index contributed by atoms with van der Waals surface area (Å²) in [5.41, 5.74) is 0.714. The maximum atomic E-state index is 9.62. The smallest absolute Gasteiger partial charge is 0.266 e. The number of hydrogen-bond acceptors (Lipinski definition) is 5. The summed E-state index contributed by atoms with van der Waals surface area (Å²) in [4.78, 5) is 6.13. The molecular formula is C11H12IN3O2. The van der Waals surface area contributed by atoms with Crippen molar-refractivity contribution in [3.05, 3.63) is 21.8 Å². The van der Waals surface area contributed by atoms with Crippen LogP contribution < -0.4 is 4.90 Å². The fraction of sp³-hybridized carbons (Fsp3) is 0.273. The summed E-state index contributed by atoms with van der Waals surface area (Å²) in [5.74, 6) is 1.17. The Kier molecular flexibility index (Phi) is 3.51. The highest BCUT2D eigenvalue weighted by Gasteiger charge is 2.12. The highest BCUT2D eigenvalue weighted by atomic mass is 127. The van der Waals surface area contributed by atoms with Crippen LogP contribution in [0, 0.1) is 3.57 Å². The average molecular weight is 345 g/mol. The van der Waals surface area contributed by atoms with E-state index in [0.29, 0.717) is 17.4 Å². The summed E-state index contributed by atoms with van der Waals surface area (Å²) in [6.45, 7) is 2.81. The molecule has 0 aliphatic heterocycles. The van der Waals surface area contributed by atoms with Crippen molar-refractivity contribution in [1.82, 2.24) is 10.1 Å². The first-order chi connectivity index (χ1) is 8.11. The third kappa shape index (κ3) is 2.51. The Morgan fingerprint density at radius 2 is 2.24 bits per heavy atom.